The molecular weight excluding hydrogens is 310 g/mol. The molecule has 0 aliphatic carbocycles. The topological polar surface area (TPSA) is 35.6 Å². The summed E-state index contributed by atoms with van der Waals surface area (Å²) in [5, 5.41) is 3.67. The van der Waals surface area contributed by atoms with Gasteiger partial charge in [-0.1, -0.05) is 30.3 Å². The van der Waals surface area contributed by atoms with Crippen molar-refractivity contribution in [1.82, 2.24) is 15.1 Å². The van der Waals surface area contributed by atoms with Crippen LogP contribution in [0.25, 0.3) is 0 Å². The van der Waals surface area contributed by atoms with Crippen molar-refractivity contribution in [1.29, 1.82) is 0 Å². The van der Waals surface area contributed by atoms with E-state index in [0.717, 1.165) is 45.6 Å². The zero-order chi connectivity index (χ0) is 17.1. The van der Waals surface area contributed by atoms with E-state index in [2.05, 4.69) is 45.4 Å². The highest BCUT2D eigenvalue weighted by Gasteiger charge is 2.35. The highest BCUT2D eigenvalue weighted by Crippen LogP contribution is 2.33. The monoisotopic (exact) mass is 341 g/mol. The fourth-order valence-corrected chi connectivity index (χ4v) is 4.87. The van der Waals surface area contributed by atoms with E-state index >= 15 is 0 Å². The molecule has 2 bridgehead atoms. The molecule has 0 radical (unpaired) electrons. The zero-order valence-electron chi connectivity index (χ0n) is 15.2. The Morgan fingerprint density at radius 3 is 2.36 bits per heavy atom. The summed E-state index contributed by atoms with van der Waals surface area (Å²) in [6.07, 6.45) is 6.93. The number of nitrogens with zero attached hydrogens (tertiary/aromatic N) is 2. The summed E-state index contributed by atoms with van der Waals surface area (Å²) in [4.78, 5) is 17.3. The largest absolute Gasteiger partial charge is 0.340 e. The van der Waals surface area contributed by atoms with Crippen molar-refractivity contribution in [2.45, 2.75) is 50.6 Å². The molecule has 0 aromatic heterocycles. The van der Waals surface area contributed by atoms with Crippen LogP contribution in [0, 0.1) is 5.92 Å². The molecule has 4 rings (SSSR count). The summed E-state index contributed by atoms with van der Waals surface area (Å²) in [5.74, 6) is 1.01. The van der Waals surface area contributed by atoms with Gasteiger partial charge in [-0.25, -0.2) is 0 Å². The van der Waals surface area contributed by atoms with Crippen LogP contribution in [0.15, 0.2) is 30.3 Å². The third-order valence-electron chi connectivity index (χ3n) is 6.32. The molecule has 3 fully saturated rings. The normalized spacial score (nSPS) is 29.8. The van der Waals surface area contributed by atoms with Crippen LogP contribution >= 0.6 is 0 Å². The molecule has 3 aliphatic heterocycles. The van der Waals surface area contributed by atoms with Gasteiger partial charge >= 0.3 is 0 Å². The second-order valence-corrected chi connectivity index (χ2v) is 8.14. The zero-order valence-corrected chi connectivity index (χ0v) is 15.2. The lowest BCUT2D eigenvalue weighted by atomic mass is 9.89. The summed E-state index contributed by atoms with van der Waals surface area (Å²) < 4.78 is 0. The van der Waals surface area contributed by atoms with E-state index < -0.39 is 0 Å². The molecular formula is C21H31N3O. The van der Waals surface area contributed by atoms with E-state index in [9.17, 15) is 4.79 Å². The van der Waals surface area contributed by atoms with E-state index in [1.165, 1.54) is 31.2 Å². The minimum absolute atomic E-state index is 0.397. The first-order chi connectivity index (χ1) is 12.3. The number of piperidine rings is 1. The lowest BCUT2D eigenvalue weighted by molar-refractivity contribution is -0.134. The third-order valence-corrected chi connectivity index (χ3v) is 6.32. The molecule has 3 aliphatic rings. The summed E-state index contributed by atoms with van der Waals surface area (Å²) in [6, 6.07) is 12.1. The van der Waals surface area contributed by atoms with Crippen molar-refractivity contribution in [3.63, 3.8) is 0 Å². The van der Waals surface area contributed by atoms with Crippen molar-refractivity contribution < 1.29 is 4.79 Å². The molecule has 0 spiro atoms. The van der Waals surface area contributed by atoms with E-state index in [0.29, 0.717) is 23.9 Å². The van der Waals surface area contributed by atoms with Gasteiger partial charge in [0.25, 0.3) is 0 Å². The van der Waals surface area contributed by atoms with Crippen LogP contribution in [0.4, 0.5) is 0 Å². The first-order valence-electron chi connectivity index (χ1n) is 10.1. The summed E-state index contributed by atoms with van der Waals surface area (Å²) >= 11 is 0. The van der Waals surface area contributed by atoms with Crippen LogP contribution in [-0.4, -0.2) is 60.5 Å². The Bertz CT molecular complexity index is 556. The molecule has 1 amide bonds. The van der Waals surface area contributed by atoms with Crippen LogP contribution in [-0.2, 0) is 11.2 Å². The minimum Gasteiger partial charge on any atom is -0.340 e. The molecule has 25 heavy (non-hydrogen) atoms. The maximum absolute atomic E-state index is 12.7. The number of rotatable bonds is 5. The van der Waals surface area contributed by atoms with Gasteiger partial charge in [0.2, 0.25) is 5.91 Å². The number of fused-ring (bicyclic) bond motifs is 2. The number of nitrogens with one attached hydrogen (secondary N) is 1. The Morgan fingerprint density at radius 1 is 1.00 bits per heavy atom. The number of amides is 1. The summed E-state index contributed by atoms with van der Waals surface area (Å²) in [5.41, 5.74) is 1.40. The molecule has 1 aromatic rings. The van der Waals surface area contributed by atoms with Crippen molar-refractivity contribution >= 4 is 5.91 Å². The highest BCUT2D eigenvalue weighted by molar-refractivity contribution is 5.76. The average Bonchev–Trinajstić information content (AvgIpc) is 2.99. The smallest absolute Gasteiger partial charge is 0.222 e. The molecule has 0 saturated carbocycles. The van der Waals surface area contributed by atoms with Gasteiger partial charge in [0, 0.05) is 51.2 Å². The van der Waals surface area contributed by atoms with Crippen LogP contribution in [0.3, 0.4) is 0 Å². The van der Waals surface area contributed by atoms with Crippen molar-refractivity contribution in [2.75, 3.05) is 32.7 Å². The lowest BCUT2D eigenvalue weighted by Crippen LogP contribution is -2.49. The van der Waals surface area contributed by atoms with Gasteiger partial charge in [-0.05, 0) is 43.6 Å². The molecule has 2 unspecified atom stereocenters. The SMILES string of the molecule is O=C(CC1CC2CCC(C1)N2)N1CCN(CCc2ccccc2)CC1. The molecule has 2 atom stereocenters. The van der Waals surface area contributed by atoms with Gasteiger partial charge in [0.15, 0.2) is 0 Å². The van der Waals surface area contributed by atoms with Gasteiger partial charge in [0.05, 0.1) is 0 Å². The average molecular weight is 341 g/mol. The Labute approximate surface area is 151 Å². The standard InChI is InChI=1S/C21H31N3O/c25-21(16-18-14-19-6-7-20(15-18)22-19)24-12-10-23(11-13-24)9-8-17-4-2-1-3-5-17/h1-5,18-20,22H,6-16H2. The second kappa shape index (κ2) is 7.88. The predicted molar refractivity (Wildman–Crippen MR) is 100 cm³/mol. The predicted octanol–water partition coefficient (Wildman–Crippen LogP) is 2.29. The molecule has 3 heterocycles. The van der Waals surface area contributed by atoms with Crippen LogP contribution in [0.1, 0.15) is 37.7 Å². The number of benzene rings is 1. The quantitative estimate of drug-likeness (QED) is 0.893. The third kappa shape index (κ3) is 4.42. The minimum atomic E-state index is 0.397. The Hall–Kier alpha value is -1.39. The Kier molecular flexibility index (Phi) is 5.37. The number of piperazine rings is 1. The van der Waals surface area contributed by atoms with Gasteiger partial charge < -0.3 is 10.2 Å². The van der Waals surface area contributed by atoms with Gasteiger partial charge in [-0.15, -0.1) is 0 Å². The van der Waals surface area contributed by atoms with Crippen molar-refractivity contribution in [2.24, 2.45) is 5.92 Å². The lowest BCUT2D eigenvalue weighted by Gasteiger charge is -2.36. The number of hydrogen-bond donors (Lipinski definition) is 1. The van der Waals surface area contributed by atoms with E-state index in [1.807, 2.05) is 0 Å². The van der Waals surface area contributed by atoms with E-state index in [1.54, 1.807) is 0 Å². The van der Waals surface area contributed by atoms with E-state index in [4.69, 9.17) is 0 Å². The van der Waals surface area contributed by atoms with Crippen LogP contribution in [0.2, 0.25) is 0 Å². The van der Waals surface area contributed by atoms with Gasteiger partial charge in [-0.2, -0.15) is 0 Å². The maximum atomic E-state index is 12.7. The van der Waals surface area contributed by atoms with Crippen LogP contribution in [0.5, 0.6) is 0 Å². The Morgan fingerprint density at radius 2 is 1.68 bits per heavy atom. The summed E-state index contributed by atoms with van der Waals surface area (Å²) in [6.45, 7) is 4.96. The highest BCUT2D eigenvalue weighted by atomic mass is 16.2. The number of carbonyl (C=O) groups excluding carboxylic acids is 1. The molecule has 4 heteroatoms. The van der Waals surface area contributed by atoms with Crippen molar-refractivity contribution in [3.05, 3.63) is 35.9 Å². The maximum Gasteiger partial charge on any atom is 0.222 e. The first-order valence-corrected chi connectivity index (χ1v) is 10.1. The fourth-order valence-electron chi connectivity index (χ4n) is 4.87. The van der Waals surface area contributed by atoms with Crippen LogP contribution < -0.4 is 5.32 Å². The molecule has 1 aromatic carbocycles. The number of carbonyl (C=O) groups is 1. The van der Waals surface area contributed by atoms with Gasteiger partial charge in [0.1, 0.15) is 0 Å². The molecule has 1 N–H and O–H groups in total. The second-order valence-electron chi connectivity index (χ2n) is 8.14. The molecule has 4 nitrogen and oxygen atoms in total. The van der Waals surface area contributed by atoms with Gasteiger partial charge in [-0.3, -0.25) is 9.69 Å². The number of hydrogen-bond acceptors (Lipinski definition) is 3. The van der Waals surface area contributed by atoms with Crippen molar-refractivity contribution in [3.8, 4) is 0 Å². The van der Waals surface area contributed by atoms with E-state index in [-0.39, 0.29) is 0 Å². The molecule has 136 valence electrons. The Balaban J connectivity index is 1.18. The molecule has 3 saturated heterocycles. The summed E-state index contributed by atoms with van der Waals surface area (Å²) in [7, 11) is 0. The fraction of sp³-hybridized carbons (Fsp3) is 0.667. The first kappa shape index (κ1) is 17.0.